The Balaban J connectivity index is 1.51. The first-order valence-corrected chi connectivity index (χ1v) is 7.09. The van der Waals surface area contributed by atoms with E-state index in [9.17, 15) is 17.6 Å². The van der Waals surface area contributed by atoms with Crippen molar-refractivity contribution in [2.45, 2.75) is 56.5 Å². The molecule has 110 valence electrons. The van der Waals surface area contributed by atoms with E-state index in [1.165, 1.54) is 0 Å². The van der Waals surface area contributed by atoms with Crippen molar-refractivity contribution in [1.29, 1.82) is 0 Å². The summed E-state index contributed by atoms with van der Waals surface area (Å²) in [7, 11) is 0. The lowest BCUT2D eigenvalue weighted by molar-refractivity contribution is -0.193. The normalized spacial score (nSPS) is 35.4. The van der Waals surface area contributed by atoms with E-state index >= 15 is 0 Å². The molecule has 6 heteroatoms. The van der Waals surface area contributed by atoms with Crippen molar-refractivity contribution < 1.29 is 17.6 Å². The summed E-state index contributed by atoms with van der Waals surface area (Å²) in [4.78, 5) is 1.66. The summed E-state index contributed by atoms with van der Waals surface area (Å²) >= 11 is 0. The maximum atomic E-state index is 14.0. The molecule has 0 aromatic heterocycles. The van der Waals surface area contributed by atoms with Crippen LogP contribution in [0.25, 0.3) is 0 Å². The highest BCUT2D eigenvalue weighted by Gasteiger charge is 2.63. The fourth-order valence-electron chi connectivity index (χ4n) is 2.96. The first kappa shape index (κ1) is 13.6. The molecule has 0 aromatic rings. The molecule has 3 fully saturated rings. The van der Waals surface area contributed by atoms with Crippen molar-refractivity contribution in [2.24, 2.45) is 5.41 Å². The Labute approximate surface area is 110 Å². The zero-order chi connectivity index (χ0) is 13.7. The van der Waals surface area contributed by atoms with Crippen molar-refractivity contribution in [3.05, 3.63) is 0 Å². The third-order valence-corrected chi connectivity index (χ3v) is 4.63. The van der Waals surface area contributed by atoms with Gasteiger partial charge in [-0.05, 0) is 38.6 Å². The Morgan fingerprint density at radius 3 is 2.32 bits per heavy atom. The molecule has 1 saturated heterocycles. The number of hydrogen-bond acceptors (Lipinski definition) is 2. The van der Waals surface area contributed by atoms with Crippen molar-refractivity contribution in [3.63, 3.8) is 0 Å². The summed E-state index contributed by atoms with van der Waals surface area (Å²) in [6.07, 6.45) is -1.96. The van der Waals surface area contributed by atoms with E-state index in [1.807, 2.05) is 0 Å². The summed E-state index contributed by atoms with van der Waals surface area (Å²) in [5.41, 5.74) is -1.54. The smallest absolute Gasteiger partial charge is 0.308 e. The average molecular weight is 280 g/mol. The number of likely N-dealkylation sites (tertiary alicyclic amines) is 1. The van der Waals surface area contributed by atoms with Gasteiger partial charge in [0.2, 0.25) is 0 Å². The van der Waals surface area contributed by atoms with Crippen LogP contribution in [0.5, 0.6) is 0 Å². The van der Waals surface area contributed by atoms with Gasteiger partial charge in [-0.3, -0.25) is 4.90 Å². The number of halogens is 4. The number of alkyl halides is 4. The Morgan fingerprint density at radius 1 is 1.16 bits per heavy atom. The summed E-state index contributed by atoms with van der Waals surface area (Å²) in [5, 5.41) is 3.25. The summed E-state index contributed by atoms with van der Waals surface area (Å²) < 4.78 is 52.6. The van der Waals surface area contributed by atoms with Crippen molar-refractivity contribution >= 4 is 0 Å². The van der Waals surface area contributed by atoms with Crippen LogP contribution in [0.2, 0.25) is 0 Å². The van der Waals surface area contributed by atoms with Gasteiger partial charge in [0.15, 0.2) is 0 Å². The molecule has 0 aromatic carbocycles. The second-order valence-corrected chi connectivity index (χ2v) is 6.37. The molecule has 2 aliphatic carbocycles. The molecule has 2 saturated carbocycles. The topological polar surface area (TPSA) is 15.3 Å². The van der Waals surface area contributed by atoms with Gasteiger partial charge in [-0.15, -0.1) is 0 Å². The molecule has 0 amide bonds. The van der Waals surface area contributed by atoms with E-state index < -0.39 is 17.8 Å². The molecule has 1 N–H and O–H groups in total. The Bertz CT molecular complexity index is 336. The predicted octanol–water partition coefficient (Wildman–Crippen LogP) is 2.49. The molecule has 1 aliphatic heterocycles. The largest absolute Gasteiger partial charge is 0.395 e. The maximum Gasteiger partial charge on any atom is 0.395 e. The minimum Gasteiger partial charge on any atom is -0.308 e. The van der Waals surface area contributed by atoms with E-state index in [4.69, 9.17) is 0 Å². The summed E-state index contributed by atoms with van der Waals surface area (Å²) in [6.45, 7) is 0.692. The minimum atomic E-state index is -4.14. The molecule has 3 aliphatic rings. The molecule has 0 radical (unpaired) electrons. The van der Waals surface area contributed by atoms with Crippen molar-refractivity contribution in [1.82, 2.24) is 10.2 Å². The van der Waals surface area contributed by atoms with Crippen LogP contribution in [0, 0.1) is 5.41 Å². The van der Waals surface area contributed by atoms with Gasteiger partial charge in [0.1, 0.15) is 6.17 Å². The fraction of sp³-hybridized carbons (Fsp3) is 1.00. The molecular weight excluding hydrogens is 260 g/mol. The molecule has 0 spiro atoms. The summed E-state index contributed by atoms with van der Waals surface area (Å²) in [6, 6.07) is 0.282. The first-order chi connectivity index (χ1) is 8.90. The van der Waals surface area contributed by atoms with Crippen LogP contribution in [0.3, 0.4) is 0 Å². The van der Waals surface area contributed by atoms with Crippen LogP contribution < -0.4 is 5.32 Å². The fourth-order valence-corrected chi connectivity index (χ4v) is 2.96. The van der Waals surface area contributed by atoms with Gasteiger partial charge in [0.25, 0.3) is 0 Å². The quantitative estimate of drug-likeness (QED) is 0.796. The average Bonchev–Trinajstić information content (AvgIpc) is 3.16. The van der Waals surface area contributed by atoms with Gasteiger partial charge in [-0.2, -0.15) is 13.2 Å². The number of nitrogens with zero attached hydrogens (tertiary/aromatic N) is 1. The Morgan fingerprint density at radius 2 is 1.84 bits per heavy atom. The summed E-state index contributed by atoms with van der Waals surface area (Å²) in [5.74, 6) is 0. The van der Waals surface area contributed by atoms with E-state index in [1.54, 1.807) is 4.90 Å². The highest BCUT2D eigenvalue weighted by Crippen LogP contribution is 2.58. The molecule has 1 heterocycles. The van der Waals surface area contributed by atoms with Gasteiger partial charge in [0.05, 0.1) is 5.41 Å². The molecule has 2 nitrogen and oxygen atoms in total. The van der Waals surface area contributed by atoms with Crippen LogP contribution in [0.15, 0.2) is 0 Å². The van der Waals surface area contributed by atoms with E-state index in [-0.39, 0.29) is 32.0 Å². The molecule has 2 atom stereocenters. The third-order valence-electron chi connectivity index (χ3n) is 4.63. The highest BCUT2D eigenvalue weighted by molar-refractivity contribution is 5.02. The second kappa shape index (κ2) is 4.58. The van der Waals surface area contributed by atoms with Crippen LogP contribution in [-0.2, 0) is 0 Å². The van der Waals surface area contributed by atoms with Crippen LogP contribution >= 0.6 is 0 Å². The monoisotopic (exact) mass is 280 g/mol. The highest BCUT2D eigenvalue weighted by atomic mass is 19.4. The maximum absolute atomic E-state index is 14.0. The van der Waals surface area contributed by atoms with Crippen molar-refractivity contribution in [3.8, 4) is 0 Å². The molecule has 0 bridgehead atoms. The van der Waals surface area contributed by atoms with Crippen LogP contribution in [0.1, 0.15) is 32.1 Å². The van der Waals surface area contributed by atoms with Gasteiger partial charge >= 0.3 is 6.18 Å². The lowest BCUT2D eigenvalue weighted by atomic mass is 9.99. The third kappa shape index (κ3) is 2.89. The van der Waals surface area contributed by atoms with Gasteiger partial charge in [-0.1, -0.05) is 0 Å². The lowest BCUT2D eigenvalue weighted by Crippen LogP contribution is -2.53. The van der Waals surface area contributed by atoms with Gasteiger partial charge in [0, 0.05) is 25.2 Å². The van der Waals surface area contributed by atoms with Crippen LogP contribution in [0.4, 0.5) is 17.6 Å². The number of nitrogens with one attached hydrogen (secondary N) is 1. The number of rotatable bonds is 4. The standard InChI is InChI=1S/C13H20F4N2/c14-10-7-19(6-3-11(10)18-9-1-2-9)8-12(4-5-12)13(15,16)17/h9-11,18H,1-8H2/t10-,11?/m0/s1. The van der Waals surface area contributed by atoms with Crippen molar-refractivity contribution in [2.75, 3.05) is 19.6 Å². The predicted molar refractivity (Wildman–Crippen MR) is 63.6 cm³/mol. The van der Waals surface area contributed by atoms with E-state index in [2.05, 4.69) is 5.32 Å². The molecule has 1 unspecified atom stereocenters. The lowest BCUT2D eigenvalue weighted by Gasteiger charge is -2.37. The SMILES string of the molecule is F[C@H]1CN(CC2(C(F)(F)F)CC2)CCC1NC1CC1. The molecule has 3 rings (SSSR count). The Kier molecular flexibility index (Phi) is 3.29. The molecule has 19 heavy (non-hydrogen) atoms. The zero-order valence-electron chi connectivity index (χ0n) is 10.8. The Hall–Kier alpha value is -0.360. The van der Waals surface area contributed by atoms with Crippen LogP contribution in [-0.4, -0.2) is 49.0 Å². The van der Waals surface area contributed by atoms with Gasteiger partial charge < -0.3 is 5.32 Å². The van der Waals surface area contributed by atoms with E-state index in [0.717, 1.165) is 12.8 Å². The number of piperidine rings is 1. The van der Waals surface area contributed by atoms with E-state index in [0.29, 0.717) is 19.0 Å². The second-order valence-electron chi connectivity index (χ2n) is 6.37. The molecular formula is C13H20F4N2. The minimum absolute atomic E-state index is 0.0208. The number of hydrogen-bond donors (Lipinski definition) is 1. The van der Waals surface area contributed by atoms with Gasteiger partial charge in [-0.25, -0.2) is 4.39 Å². The first-order valence-electron chi connectivity index (χ1n) is 7.09. The zero-order valence-corrected chi connectivity index (χ0v) is 10.8.